The van der Waals surface area contributed by atoms with Crippen molar-refractivity contribution in [2.45, 2.75) is 63.6 Å². The van der Waals surface area contributed by atoms with E-state index < -0.39 is 21.6 Å². The lowest BCUT2D eigenvalue weighted by atomic mass is 9.71. The maximum Gasteiger partial charge on any atom is 0.227 e. The van der Waals surface area contributed by atoms with Gasteiger partial charge in [-0.05, 0) is 72.6 Å². The minimum absolute atomic E-state index is 0.0264. The lowest BCUT2D eigenvalue weighted by molar-refractivity contribution is -0.00860. The van der Waals surface area contributed by atoms with Crippen molar-refractivity contribution in [2.75, 3.05) is 35.3 Å². The number of nitrogens with zero attached hydrogens (tertiary/aromatic N) is 4. The predicted octanol–water partition coefficient (Wildman–Crippen LogP) is 4.73. The smallest absolute Gasteiger partial charge is 0.227 e. The Hall–Kier alpha value is -2.85. The number of aliphatic hydroxyl groups is 1. The van der Waals surface area contributed by atoms with E-state index in [9.17, 15) is 17.9 Å². The molecule has 10 heteroatoms. The second kappa shape index (κ2) is 10.0. The van der Waals surface area contributed by atoms with E-state index in [2.05, 4.69) is 46.2 Å². The van der Waals surface area contributed by atoms with E-state index in [1.54, 1.807) is 17.2 Å². The molecule has 1 aliphatic carbocycles. The van der Waals surface area contributed by atoms with Gasteiger partial charge in [-0.2, -0.15) is 4.98 Å². The summed E-state index contributed by atoms with van der Waals surface area (Å²) in [6.45, 7) is 6.24. The topological polar surface area (TPSA) is 108 Å². The molecule has 3 aromatic rings. The molecule has 0 spiro atoms. The number of halogens is 1. The van der Waals surface area contributed by atoms with Gasteiger partial charge in [-0.3, -0.25) is 0 Å². The van der Waals surface area contributed by atoms with Gasteiger partial charge in [-0.25, -0.2) is 22.8 Å². The summed E-state index contributed by atoms with van der Waals surface area (Å²) in [5, 5.41) is 15.4. The largest absolute Gasteiger partial charge is 0.390 e. The van der Waals surface area contributed by atoms with Gasteiger partial charge in [0.1, 0.15) is 21.5 Å². The SMILES string of the molecule is CC(C)c1ccc([C@H]2C[C@H](CS(C)(=O)=O)C2)c2cnc(Nc3ccnc(N4CC[C@@H](O)[C@@](C)(F)C4)n3)cc12. The molecule has 1 aliphatic heterocycles. The Morgan fingerprint density at radius 2 is 1.95 bits per heavy atom. The minimum Gasteiger partial charge on any atom is -0.390 e. The molecule has 2 atom stereocenters. The summed E-state index contributed by atoms with van der Waals surface area (Å²) in [5.41, 5.74) is 0.721. The number of aliphatic hydroxyl groups excluding tert-OH is 1. The number of pyridine rings is 1. The normalized spacial score (nSPS) is 26.0. The van der Waals surface area contributed by atoms with Gasteiger partial charge in [0.05, 0.1) is 18.4 Å². The third kappa shape index (κ3) is 5.61. The lowest BCUT2D eigenvalue weighted by Crippen LogP contribution is -2.52. The highest BCUT2D eigenvalue weighted by molar-refractivity contribution is 7.90. The number of hydrogen-bond donors (Lipinski definition) is 2. The van der Waals surface area contributed by atoms with E-state index in [0.717, 1.165) is 23.6 Å². The van der Waals surface area contributed by atoms with E-state index >= 15 is 0 Å². The van der Waals surface area contributed by atoms with Crippen LogP contribution in [0, 0.1) is 5.92 Å². The Morgan fingerprint density at radius 1 is 1.18 bits per heavy atom. The van der Waals surface area contributed by atoms with Crippen LogP contribution < -0.4 is 10.2 Å². The molecular formula is C28H36FN5O3S. The zero-order valence-electron chi connectivity index (χ0n) is 22.4. The van der Waals surface area contributed by atoms with Crippen molar-refractivity contribution >= 4 is 38.2 Å². The molecular weight excluding hydrogens is 505 g/mol. The van der Waals surface area contributed by atoms with Crippen LogP contribution in [0.4, 0.5) is 22.0 Å². The van der Waals surface area contributed by atoms with E-state index in [1.807, 2.05) is 12.3 Å². The number of fused-ring (bicyclic) bond motifs is 1. The number of rotatable bonds is 7. The molecule has 2 N–H and O–H groups in total. The third-order valence-electron chi connectivity index (χ3n) is 7.85. The lowest BCUT2D eigenvalue weighted by Gasteiger charge is -2.38. The third-order valence-corrected chi connectivity index (χ3v) is 8.93. The van der Waals surface area contributed by atoms with E-state index in [0.29, 0.717) is 42.4 Å². The molecule has 8 nitrogen and oxygen atoms in total. The Kier molecular flexibility index (Phi) is 7.06. The molecule has 1 saturated heterocycles. The fourth-order valence-electron chi connectivity index (χ4n) is 5.77. The molecule has 0 bridgehead atoms. The van der Waals surface area contributed by atoms with E-state index in [1.165, 1.54) is 24.3 Å². The van der Waals surface area contributed by atoms with Gasteiger partial charge in [0.2, 0.25) is 5.95 Å². The monoisotopic (exact) mass is 541 g/mol. The van der Waals surface area contributed by atoms with Crippen molar-refractivity contribution in [1.82, 2.24) is 15.0 Å². The molecule has 5 rings (SSSR count). The number of nitrogens with one attached hydrogen (secondary N) is 1. The van der Waals surface area contributed by atoms with Gasteiger partial charge in [-0.1, -0.05) is 26.0 Å². The van der Waals surface area contributed by atoms with Gasteiger partial charge in [-0.15, -0.1) is 0 Å². The van der Waals surface area contributed by atoms with Crippen LogP contribution in [0.3, 0.4) is 0 Å². The second-order valence-corrected chi connectivity index (χ2v) is 13.7. The van der Waals surface area contributed by atoms with E-state index in [4.69, 9.17) is 0 Å². The Morgan fingerprint density at radius 3 is 2.63 bits per heavy atom. The van der Waals surface area contributed by atoms with Crippen molar-refractivity contribution in [2.24, 2.45) is 5.92 Å². The zero-order valence-corrected chi connectivity index (χ0v) is 23.2. The minimum atomic E-state index is -2.97. The maximum atomic E-state index is 14.7. The van der Waals surface area contributed by atoms with Gasteiger partial charge >= 0.3 is 0 Å². The average Bonchev–Trinajstić information content (AvgIpc) is 2.81. The molecule has 0 amide bonds. The number of aromatic nitrogens is 3. The van der Waals surface area contributed by atoms with Crippen LogP contribution in [0.15, 0.2) is 36.7 Å². The quantitative estimate of drug-likeness (QED) is 0.442. The summed E-state index contributed by atoms with van der Waals surface area (Å²) in [6.07, 6.45) is 5.90. The molecule has 1 saturated carbocycles. The van der Waals surface area contributed by atoms with Gasteiger partial charge in [0.25, 0.3) is 0 Å². The summed E-state index contributed by atoms with van der Waals surface area (Å²) in [6, 6.07) is 8.15. The molecule has 38 heavy (non-hydrogen) atoms. The fraction of sp³-hybridized carbons (Fsp3) is 0.536. The van der Waals surface area contributed by atoms with Crippen LogP contribution >= 0.6 is 0 Å². The number of anilines is 3. The van der Waals surface area contributed by atoms with Gasteiger partial charge in [0, 0.05) is 30.6 Å². The number of hydrogen-bond acceptors (Lipinski definition) is 8. The standard InChI is InChI=1S/C28H36FN5O3S/c1-17(2)20-5-6-21(19-11-18(12-19)15-38(4,36)37)23-14-31-26(13-22(20)23)32-25-7-9-30-27(33-25)34-10-8-24(35)28(3,29)16-34/h5-7,9,13-14,17-19,24,35H,8,10-12,15-16H2,1-4H3,(H,30,31,32,33)/t18-,19-,24-,28+/m1/s1. The van der Waals surface area contributed by atoms with Crippen LogP contribution in [-0.4, -0.2) is 65.3 Å². The van der Waals surface area contributed by atoms with Crippen LogP contribution in [0.5, 0.6) is 0 Å². The number of alkyl halides is 1. The van der Waals surface area contributed by atoms with Crippen molar-refractivity contribution in [3.8, 4) is 0 Å². The van der Waals surface area contributed by atoms with Gasteiger partial charge < -0.3 is 15.3 Å². The maximum absolute atomic E-state index is 14.7. The Labute approximate surface area is 223 Å². The Bertz CT molecular complexity index is 1440. The van der Waals surface area contributed by atoms with E-state index in [-0.39, 0.29) is 18.2 Å². The van der Waals surface area contributed by atoms with Crippen LogP contribution in [0.2, 0.25) is 0 Å². The molecule has 2 aliphatic rings. The van der Waals surface area contributed by atoms with Gasteiger partial charge in [0.15, 0.2) is 5.67 Å². The Balaban J connectivity index is 1.39. The molecule has 1 aromatic carbocycles. The highest BCUT2D eigenvalue weighted by Gasteiger charge is 2.40. The summed E-state index contributed by atoms with van der Waals surface area (Å²) < 4.78 is 38.1. The zero-order chi connectivity index (χ0) is 27.2. The summed E-state index contributed by atoms with van der Waals surface area (Å²) in [7, 11) is -2.97. The number of piperidine rings is 1. The average molecular weight is 542 g/mol. The molecule has 2 aromatic heterocycles. The summed E-state index contributed by atoms with van der Waals surface area (Å²) in [4.78, 5) is 15.4. The molecule has 2 fully saturated rings. The first-order valence-electron chi connectivity index (χ1n) is 13.2. The van der Waals surface area contributed by atoms with Crippen LogP contribution in [0.25, 0.3) is 10.8 Å². The second-order valence-electron chi connectivity index (χ2n) is 11.5. The van der Waals surface area contributed by atoms with Crippen molar-refractivity contribution in [3.05, 3.63) is 47.8 Å². The number of benzene rings is 1. The highest BCUT2D eigenvalue weighted by atomic mass is 32.2. The van der Waals surface area contributed by atoms with Crippen LogP contribution in [0.1, 0.15) is 63.0 Å². The highest BCUT2D eigenvalue weighted by Crippen LogP contribution is 2.45. The summed E-state index contributed by atoms with van der Waals surface area (Å²) in [5.74, 6) is 2.73. The van der Waals surface area contributed by atoms with Crippen molar-refractivity contribution in [1.29, 1.82) is 0 Å². The molecule has 0 unspecified atom stereocenters. The van der Waals surface area contributed by atoms with Crippen LogP contribution in [-0.2, 0) is 9.84 Å². The summed E-state index contributed by atoms with van der Waals surface area (Å²) >= 11 is 0. The number of sulfone groups is 1. The fourth-order valence-corrected chi connectivity index (χ4v) is 6.90. The predicted molar refractivity (Wildman–Crippen MR) is 149 cm³/mol. The molecule has 3 heterocycles. The molecule has 0 radical (unpaired) electrons. The molecule has 204 valence electrons. The van der Waals surface area contributed by atoms with Crippen molar-refractivity contribution in [3.63, 3.8) is 0 Å². The van der Waals surface area contributed by atoms with Crippen molar-refractivity contribution < 1.29 is 17.9 Å². The first-order chi connectivity index (χ1) is 17.9. The first kappa shape index (κ1) is 26.7. The first-order valence-corrected chi connectivity index (χ1v) is 15.3.